The van der Waals surface area contributed by atoms with Gasteiger partial charge in [0.1, 0.15) is 12.4 Å². The first-order valence-corrected chi connectivity index (χ1v) is 8.46. The Hall–Kier alpha value is -2.16. The smallest absolute Gasteiger partial charge is 0.166 e. The summed E-state index contributed by atoms with van der Waals surface area (Å²) in [6, 6.07) is 9.81. The largest absolute Gasteiger partial charge is 0.489 e. The van der Waals surface area contributed by atoms with Crippen LogP contribution in [-0.4, -0.2) is 10.8 Å². The highest BCUT2D eigenvalue weighted by Crippen LogP contribution is 2.31. The first kappa shape index (κ1) is 15.7. The van der Waals surface area contributed by atoms with Crippen LogP contribution in [0.25, 0.3) is 0 Å². The van der Waals surface area contributed by atoms with E-state index in [1.54, 1.807) is 12.4 Å². The van der Waals surface area contributed by atoms with E-state index in [9.17, 15) is 4.79 Å². The molecule has 3 rings (SSSR count). The van der Waals surface area contributed by atoms with Crippen molar-refractivity contribution in [3.05, 3.63) is 59.4 Å². The number of nitrogens with zero attached hydrogens (tertiary/aromatic N) is 1. The van der Waals surface area contributed by atoms with Crippen LogP contribution >= 0.6 is 0 Å². The molecule has 1 atom stereocenters. The number of ketones is 1. The Labute approximate surface area is 137 Å². The number of benzene rings is 1. The molecule has 0 bridgehead atoms. The van der Waals surface area contributed by atoms with E-state index in [4.69, 9.17) is 4.74 Å². The summed E-state index contributed by atoms with van der Waals surface area (Å²) in [6.07, 6.45) is 8.81. The first-order chi connectivity index (χ1) is 11.3. The third kappa shape index (κ3) is 3.79. The van der Waals surface area contributed by atoms with E-state index in [-0.39, 0.29) is 5.92 Å². The lowest BCUT2D eigenvalue weighted by molar-refractivity contribution is 0.0892. The molecule has 1 aliphatic carbocycles. The first-order valence-electron chi connectivity index (χ1n) is 8.46. The van der Waals surface area contributed by atoms with Gasteiger partial charge >= 0.3 is 0 Å². The molecule has 0 amide bonds. The molecule has 120 valence electrons. The molecular formula is C20H23NO2. The number of carbonyl (C=O) groups is 1. The highest BCUT2D eigenvalue weighted by atomic mass is 16.5. The van der Waals surface area contributed by atoms with Crippen molar-refractivity contribution in [2.75, 3.05) is 0 Å². The SMILES string of the molecule is CCCCC1CCc2ccc(OCc3cccnc3)cc2C1=O. The monoisotopic (exact) mass is 309 g/mol. The Balaban J connectivity index is 1.71. The number of rotatable bonds is 6. The molecule has 23 heavy (non-hydrogen) atoms. The zero-order chi connectivity index (χ0) is 16.1. The number of pyridine rings is 1. The Morgan fingerprint density at radius 1 is 1.30 bits per heavy atom. The summed E-state index contributed by atoms with van der Waals surface area (Å²) in [5.41, 5.74) is 3.05. The van der Waals surface area contributed by atoms with Gasteiger partial charge in [-0.3, -0.25) is 9.78 Å². The molecule has 3 nitrogen and oxygen atoms in total. The molecule has 0 radical (unpaired) electrons. The summed E-state index contributed by atoms with van der Waals surface area (Å²) < 4.78 is 5.83. The van der Waals surface area contributed by atoms with E-state index in [0.717, 1.165) is 54.5 Å². The Kier molecular flexibility index (Phi) is 5.06. The summed E-state index contributed by atoms with van der Waals surface area (Å²) in [5, 5.41) is 0. The van der Waals surface area contributed by atoms with Crippen LogP contribution in [-0.2, 0) is 13.0 Å². The molecule has 3 heteroatoms. The van der Waals surface area contributed by atoms with Crippen LogP contribution in [0.5, 0.6) is 5.75 Å². The summed E-state index contributed by atoms with van der Waals surface area (Å²) in [4.78, 5) is 16.8. The molecule has 0 saturated heterocycles. The van der Waals surface area contributed by atoms with E-state index in [2.05, 4.69) is 11.9 Å². The number of hydrogen-bond acceptors (Lipinski definition) is 3. The van der Waals surface area contributed by atoms with Crippen LogP contribution in [0.3, 0.4) is 0 Å². The van der Waals surface area contributed by atoms with E-state index in [0.29, 0.717) is 12.4 Å². The van der Waals surface area contributed by atoms with Gasteiger partial charge < -0.3 is 4.74 Å². The van der Waals surface area contributed by atoms with Crippen molar-refractivity contribution in [3.63, 3.8) is 0 Å². The summed E-state index contributed by atoms with van der Waals surface area (Å²) in [7, 11) is 0. The van der Waals surface area contributed by atoms with Crippen LogP contribution in [0.2, 0.25) is 0 Å². The van der Waals surface area contributed by atoms with Gasteiger partial charge in [0.15, 0.2) is 5.78 Å². The van der Waals surface area contributed by atoms with Crippen molar-refractivity contribution in [2.45, 2.75) is 45.6 Å². The normalized spacial score (nSPS) is 16.9. The van der Waals surface area contributed by atoms with Gasteiger partial charge in [0.05, 0.1) is 0 Å². The number of ether oxygens (including phenoxy) is 1. The lowest BCUT2D eigenvalue weighted by atomic mass is 9.80. The van der Waals surface area contributed by atoms with Crippen LogP contribution < -0.4 is 4.74 Å². The van der Waals surface area contributed by atoms with Crippen molar-refractivity contribution in [1.82, 2.24) is 4.98 Å². The van der Waals surface area contributed by atoms with Crippen molar-refractivity contribution in [3.8, 4) is 5.75 Å². The minimum Gasteiger partial charge on any atom is -0.489 e. The third-order valence-electron chi connectivity index (χ3n) is 4.51. The second-order valence-corrected chi connectivity index (χ2v) is 6.21. The van der Waals surface area contributed by atoms with Gasteiger partial charge in [-0.25, -0.2) is 0 Å². The van der Waals surface area contributed by atoms with Gasteiger partial charge in [0, 0.05) is 29.4 Å². The molecule has 1 aromatic heterocycles. The molecule has 0 aliphatic heterocycles. The average Bonchev–Trinajstić information content (AvgIpc) is 2.60. The lowest BCUT2D eigenvalue weighted by Gasteiger charge is -2.23. The van der Waals surface area contributed by atoms with E-state index in [1.165, 1.54) is 0 Å². The van der Waals surface area contributed by atoms with Crippen LogP contribution in [0.15, 0.2) is 42.7 Å². The fourth-order valence-corrected chi connectivity index (χ4v) is 3.15. The predicted molar refractivity (Wildman–Crippen MR) is 90.7 cm³/mol. The zero-order valence-electron chi connectivity index (χ0n) is 13.6. The second kappa shape index (κ2) is 7.40. The fourth-order valence-electron chi connectivity index (χ4n) is 3.15. The standard InChI is InChI=1S/C20H23NO2/c1-2-3-6-17-8-7-16-9-10-18(12-19(16)20(17)22)23-14-15-5-4-11-21-13-15/h4-5,9-13,17H,2-3,6-8,14H2,1H3. The zero-order valence-corrected chi connectivity index (χ0v) is 13.6. The van der Waals surface area contributed by atoms with Crippen LogP contribution in [0.1, 0.15) is 54.1 Å². The van der Waals surface area contributed by atoms with Crippen molar-refractivity contribution < 1.29 is 9.53 Å². The molecule has 1 aliphatic rings. The molecule has 1 heterocycles. The molecule has 1 aromatic carbocycles. The molecule has 0 N–H and O–H groups in total. The molecular weight excluding hydrogens is 286 g/mol. The van der Waals surface area contributed by atoms with Crippen LogP contribution in [0, 0.1) is 5.92 Å². The highest BCUT2D eigenvalue weighted by Gasteiger charge is 2.27. The molecule has 0 fully saturated rings. The number of Topliss-reactive ketones (excluding diaryl/α,β-unsaturated/α-hetero) is 1. The van der Waals surface area contributed by atoms with E-state index < -0.39 is 0 Å². The fraction of sp³-hybridized carbons (Fsp3) is 0.400. The van der Waals surface area contributed by atoms with Gasteiger partial charge in [-0.05, 0) is 43.0 Å². The van der Waals surface area contributed by atoms with E-state index >= 15 is 0 Å². The summed E-state index contributed by atoms with van der Waals surface area (Å²) in [5.74, 6) is 1.25. The topological polar surface area (TPSA) is 39.2 Å². The minimum absolute atomic E-state index is 0.191. The molecule has 1 unspecified atom stereocenters. The summed E-state index contributed by atoms with van der Waals surface area (Å²) >= 11 is 0. The average molecular weight is 309 g/mol. The van der Waals surface area contributed by atoms with Crippen molar-refractivity contribution in [1.29, 1.82) is 0 Å². The molecule has 0 spiro atoms. The minimum atomic E-state index is 0.191. The van der Waals surface area contributed by atoms with Gasteiger partial charge in [0.2, 0.25) is 0 Å². The lowest BCUT2D eigenvalue weighted by Crippen LogP contribution is -2.22. The number of aromatic nitrogens is 1. The molecule has 2 aromatic rings. The maximum atomic E-state index is 12.7. The van der Waals surface area contributed by atoms with Crippen LogP contribution in [0.4, 0.5) is 0 Å². The van der Waals surface area contributed by atoms with Crippen molar-refractivity contribution >= 4 is 5.78 Å². The Morgan fingerprint density at radius 3 is 3.00 bits per heavy atom. The number of carbonyl (C=O) groups excluding carboxylic acids is 1. The number of unbranched alkanes of at least 4 members (excludes halogenated alkanes) is 1. The van der Waals surface area contributed by atoms with Crippen molar-refractivity contribution in [2.24, 2.45) is 5.92 Å². The van der Waals surface area contributed by atoms with Gasteiger partial charge in [-0.15, -0.1) is 0 Å². The second-order valence-electron chi connectivity index (χ2n) is 6.21. The van der Waals surface area contributed by atoms with Gasteiger partial charge in [0.25, 0.3) is 0 Å². The van der Waals surface area contributed by atoms with Gasteiger partial charge in [-0.1, -0.05) is 31.9 Å². The number of aryl methyl sites for hydroxylation is 1. The third-order valence-corrected chi connectivity index (χ3v) is 4.51. The van der Waals surface area contributed by atoms with Gasteiger partial charge in [-0.2, -0.15) is 0 Å². The summed E-state index contributed by atoms with van der Waals surface area (Å²) in [6.45, 7) is 2.64. The predicted octanol–water partition coefficient (Wildman–Crippen LogP) is 4.60. The Bertz CT molecular complexity index is 667. The molecule has 0 saturated carbocycles. The number of fused-ring (bicyclic) bond motifs is 1. The van der Waals surface area contributed by atoms with E-state index in [1.807, 2.05) is 30.3 Å². The highest BCUT2D eigenvalue weighted by molar-refractivity contribution is 6.00. The maximum absolute atomic E-state index is 12.7. The Morgan fingerprint density at radius 2 is 2.22 bits per heavy atom. The quantitative estimate of drug-likeness (QED) is 0.783. The maximum Gasteiger partial charge on any atom is 0.166 e. The number of hydrogen-bond donors (Lipinski definition) is 0.